The maximum atomic E-state index is 12.1. The van der Waals surface area contributed by atoms with Gasteiger partial charge in [-0.25, -0.2) is 0 Å². The lowest BCUT2D eigenvalue weighted by molar-refractivity contribution is -0.126. The van der Waals surface area contributed by atoms with E-state index in [2.05, 4.69) is 5.32 Å². The predicted molar refractivity (Wildman–Crippen MR) is 83.5 cm³/mol. The van der Waals surface area contributed by atoms with Crippen LogP contribution in [0.15, 0.2) is 18.2 Å². The number of primary amides is 1. The van der Waals surface area contributed by atoms with Gasteiger partial charge in [0.1, 0.15) is 0 Å². The number of nitrogens with zero attached hydrogens (tertiary/aromatic N) is 1. The monoisotopic (exact) mass is 329 g/mol. The average molecular weight is 330 g/mol. The van der Waals surface area contributed by atoms with Gasteiger partial charge in [-0.15, -0.1) is 0 Å². The summed E-state index contributed by atoms with van der Waals surface area (Å²) in [5.41, 5.74) is 5.84. The summed E-state index contributed by atoms with van der Waals surface area (Å²) in [7, 11) is 0. The third-order valence-corrected chi connectivity index (χ3v) is 4.06. The topological polar surface area (TPSA) is 75.4 Å². The first-order chi connectivity index (χ1) is 9.97. The van der Waals surface area contributed by atoms with Crippen molar-refractivity contribution in [1.82, 2.24) is 4.90 Å². The molecule has 1 heterocycles. The van der Waals surface area contributed by atoms with E-state index in [9.17, 15) is 9.59 Å². The highest BCUT2D eigenvalue weighted by atomic mass is 35.5. The fourth-order valence-electron chi connectivity index (χ4n) is 2.47. The van der Waals surface area contributed by atoms with E-state index in [1.54, 1.807) is 23.1 Å². The fourth-order valence-corrected chi connectivity index (χ4v) is 2.81. The van der Waals surface area contributed by atoms with Gasteiger partial charge in [0.05, 0.1) is 23.3 Å². The summed E-state index contributed by atoms with van der Waals surface area (Å²) in [4.78, 5) is 25.3. The molecule has 0 spiro atoms. The molecule has 7 heteroatoms. The molecule has 3 N–H and O–H groups in total. The van der Waals surface area contributed by atoms with E-state index in [1.165, 1.54) is 0 Å². The van der Waals surface area contributed by atoms with Gasteiger partial charge < -0.3 is 11.1 Å². The number of likely N-dealkylation sites (tertiary alicyclic amines) is 1. The van der Waals surface area contributed by atoms with E-state index in [0.717, 1.165) is 12.8 Å². The predicted octanol–water partition coefficient (Wildman–Crippen LogP) is 2.27. The van der Waals surface area contributed by atoms with E-state index in [0.29, 0.717) is 28.7 Å². The molecule has 2 rings (SSSR count). The van der Waals surface area contributed by atoms with Crippen LogP contribution in [0.1, 0.15) is 19.3 Å². The zero-order valence-electron chi connectivity index (χ0n) is 11.4. The van der Waals surface area contributed by atoms with Gasteiger partial charge in [-0.1, -0.05) is 29.6 Å². The van der Waals surface area contributed by atoms with Crippen LogP contribution in [0.3, 0.4) is 0 Å². The smallest absolute Gasteiger partial charge is 0.238 e. The van der Waals surface area contributed by atoms with Gasteiger partial charge in [-0.3, -0.25) is 14.5 Å². The molecule has 1 aliphatic heterocycles. The molecule has 21 heavy (non-hydrogen) atoms. The van der Waals surface area contributed by atoms with Gasteiger partial charge in [0.15, 0.2) is 0 Å². The zero-order chi connectivity index (χ0) is 15.4. The number of nitrogens with one attached hydrogen (secondary N) is 1. The summed E-state index contributed by atoms with van der Waals surface area (Å²) < 4.78 is 0. The zero-order valence-corrected chi connectivity index (χ0v) is 13.0. The lowest BCUT2D eigenvalue weighted by atomic mass is 10.0. The Morgan fingerprint density at radius 1 is 1.33 bits per heavy atom. The largest absolute Gasteiger partial charge is 0.368 e. The van der Waals surface area contributed by atoms with Gasteiger partial charge in [-0.05, 0) is 37.6 Å². The van der Waals surface area contributed by atoms with Crippen molar-refractivity contribution in [2.75, 3.05) is 18.4 Å². The Morgan fingerprint density at radius 3 is 2.81 bits per heavy atom. The number of halogens is 2. The van der Waals surface area contributed by atoms with Crippen LogP contribution in [0.25, 0.3) is 0 Å². The van der Waals surface area contributed by atoms with Crippen molar-refractivity contribution in [1.29, 1.82) is 0 Å². The molecule has 1 atom stereocenters. The van der Waals surface area contributed by atoms with Crippen LogP contribution in [0.4, 0.5) is 5.69 Å². The number of carbonyl (C=O) groups is 2. The minimum absolute atomic E-state index is 0.108. The van der Waals surface area contributed by atoms with Crippen molar-refractivity contribution in [3.8, 4) is 0 Å². The summed E-state index contributed by atoms with van der Waals surface area (Å²) in [5, 5.41) is 3.61. The maximum Gasteiger partial charge on any atom is 0.238 e. The first-order valence-electron chi connectivity index (χ1n) is 6.75. The molecule has 1 aliphatic rings. The summed E-state index contributed by atoms with van der Waals surface area (Å²) in [6, 6.07) is 4.48. The molecular formula is C14H17Cl2N3O2. The quantitative estimate of drug-likeness (QED) is 0.889. The first kappa shape index (κ1) is 16.1. The molecule has 0 aromatic heterocycles. The van der Waals surface area contributed by atoms with Crippen molar-refractivity contribution < 1.29 is 9.59 Å². The number of rotatable bonds is 4. The Balaban J connectivity index is 2.00. The van der Waals surface area contributed by atoms with Crippen LogP contribution in [0, 0.1) is 0 Å². The molecule has 0 radical (unpaired) electrons. The second-order valence-corrected chi connectivity index (χ2v) is 5.90. The van der Waals surface area contributed by atoms with Gasteiger partial charge in [0, 0.05) is 5.02 Å². The summed E-state index contributed by atoms with van der Waals surface area (Å²) in [5.74, 6) is -0.629. The number of piperidine rings is 1. The van der Waals surface area contributed by atoms with E-state index in [4.69, 9.17) is 28.9 Å². The Hall–Kier alpha value is -1.30. The molecule has 0 saturated carbocycles. The Kier molecular flexibility index (Phi) is 5.45. The summed E-state index contributed by atoms with van der Waals surface area (Å²) in [6.45, 7) is 0.792. The SMILES string of the molecule is NC(=O)[C@@H]1CCCCN1CC(=O)Nc1cc(Cl)ccc1Cl. The minimum atomic E-state index is -0.386. The van der Waals surface area contributed by atoms with Crippen molar-refractivity contribution in [3.05, 3.63) is 28.2 Å². The molecule has 1 aromatic rings. The van der Waals surface area contributed by atoms with Crippen molar-refractivity contribution in [2.24, 2.45) is 5.73 Å². The lowest BCUT2D eigenvalue weighted by Crippen LogP contribution is -2.50. The molecule has 1 aromatic carbocycles. The lowest BCUT2D eigenvalue weighted by Gasteiger charge is -2.32. The first-order valence-corrected chi connectivity index (χ1v) is 7.51. The number of amides is 2. The molecule has 1 fully saturated rings. The van der Waals surface area contributed by atoms with Crippen LogP contribution in [0.5, 0.6) is 0 Å². The molecule has 0 aliphatic carbocycles. The summed E-state index contributed by atoms with van der Waals surface area (Å²) in [6.07, 6.45) is 2.60. The molecule has 5 nitrogen and oxygen atoms in total. The van der Waals surface area contributed by atoms with Crippen LogP contribution in [0.2, 0.25) is 10.0 Å². The van der Waals surface area contributed by atoms with E-state index < -0.39 is 0 Å². The molecule has 0 unspecified atom stereocenters. The van der Waals surface area contributed by atoms with Gasteiger partial charge in [0.2, 0.25) is 11.8 Å². The summed E-state index contributed by atoms with van der Waals surface area (Å²) >= 11 is 11.9. The highest BCUT2D eigenvalue weighted by Crippen LogP contribution is 2.25. The second kappa shape index (κ2) is 7.11. The van der Waals surface area contributed by atoms with Crippen molar-refractivity contribution >= 4 is 40.7 Å². The van der Waals surface area contributed by atoms with Crippen molar-refractivity contribution in [3.63, 3.8) is 0 Å². The minimum Gasteiger partial charge on any atom is -0.368 e. The molecule has 1 saturated heterocycles. The highest BCUT2D eigenvalue weighted by Gasteiger charge is 2.28. The third kappa shape index (κ3) is 4.33. The number of benzene rings is 1. The molecular weight excluding hydrogens is 313 g/mol. The number of hydrogen-bond acceptors (Lipinski definition) is 3. The maximum absolute atomic E-state index is 12.1. The van der Waals surface area contributed by atoms with Gasteiger partial charge in [0.25, 0.3) is 0 Å². The van der Waals surface area contributed by atoms with Crippen LogP contribution >= 0.6 is 23.2 Å². The average Bonchev–Trinajstić information content (AvgIpc) is 2.43. The Morgan fingerprint density at radius 2 is 2.10 bits per heavy atom. The third-order valence-electron chi connectivity index (χ3n) is 3.49. The standard InChI is InChI=1S/C14H17Cl2N3O2/c15-9-4-5-10(16)11(7-9)18-13(20)8-19-6-2-1-3-12(19)14(17)21/h4-5,7,12H,1-3,6,8H2,(H2,17,21)(H,18,20)/t12-/m0/s1. The van der Waals surface area contributed by atoms with Gasteiger partial charge >= 0.3 is 0 Å². The van der Waals surface area contributed by atoms with Crippen LogP contribution in [-0.4, -0.2) is 35.8 Å². The molecule has 0 bridgehead atoms. The molecule has 114 valence electrons. The number of nitrogens with two attached hydrogens (primary N) is 1. The van der Waals surface area contributed by atoms with Crippen molar-refractivity contribution in [2.45, 2.75) is 25.3 Å². The van der Waals surface area contributed by atoms with E-state index >= 15 is 0 Å². The number of hydrogen-bond donors (Lipinski definition) is 2. The van der Waals surface area contributed by atoms with Crippen LogP contribution in [-0.2, 0) is 9.59 Å². The Bertz CT molecular complexity index is 551. The number of anilines is 1. The van der Waals surface area contributed by atoms with E-state index in [1.807, 2.05) is 0 Å². The molecule has 2 amide bonds. The number of carbonyl (C=O) groups excluding carboxylic acids is 2. The highest BCUT2D eigenvalue weighted by molar-refractivity contribution is 6.35. The fraction of sp³-hybridized carbons (Fsp3) is 0.429. The second-order valence-electron chi connectivity index (χ2n) is 5.06. The Labute approximate surface area is 133 Å². The normalized spacial score (nSPS) is 19.2. The van der Waals surface area contributed by atoms with Crippen LogP contribution < -0.4 is 11.1 Å². The van der Waals surface area contributed by atoms with E-state index in [-0.39, 0.29) is 24.4 Å². The van der Waals surface area contributed by atoms with Gasteiger partial charge in [-0.2, -0.15) is 0 Å².